The summed E-state index contributed by atoms with van der Waals surface area (Å²) in [5, 5.41) is 9.45. The minimum atomic E-state index is 0.301. The Morgan fingerprint density at radius 1 is 1.54 bits per heavy atom. The fourth-order valence-electron chi connectivity index (χ4n) is 1.06. The van der Waals surface area contributed by atoms with E-state index in [4.69, 9.17) is 5.90 Å². The molecule has 0 amide bonds. The Bertz CT molecular complexity index is 278. The second-order valence-electron chi connectivity index (χ2n) is 2.62. The molecule has 4 heteroatoms. The van der Waals surface area contributed by atoms with Crippen molar-refractivity contribution in [2.45, 2.75) is 11.3 Å². The highest BCUT2D eigenvalue weighted by Gasteiger charge is 2.01. The molecule has 3 N–H and O–H groups in total. The molecule has 0 aromatic heterocycles. The normalized spacial score (nSPS) is 10.3. The van der Waals surface area contributed by atoms with E-state index in [1.54, 1.807) is 17.8 Å². The standard InChI is InChI=1S/C9H13NO2S/c1-13-8-2-3-9(11)7(6-8)4-5-12-10/h2-3,6,11H,4-5,10H2,1H3. The van der Waals surface area contributed by atoms with Crippen molar-refractivity contribution in [1.29, 1.82) is 0 Å². The zero-order valence-corrected chi connectivity index (χ0v) is 8.30. The topological polar surface area (TPSA) is 55.5 Å². The second kappa shape index (κ2) is 5.11. The summed E-state index contributed by atoms with van der Waals surface area (Å²) < 4.78 is 0. The second-order valence-corrected chi connectivity index (χ2v) is 3.50. The summed E-state index contributed by atoms with van der Waals surface area (Å²) in [4.78, 5) is 5.59. The highest BCUT2D eigenvalue weighted by Crippen LogP contribution is 2.23. The van der Waals surface area contributed by atoms with Crippen LogP contribution in [0.3, 0.4) is 0 Å². The molecule has 1 rings (SSSR count). The van der Waals surface area contributed by atoms with E-state index < -0.39 is 0 Å². The molecule has 13 heavy (non-hydrogen) atoms. The molecule has 1 aromatic carbocycles. The quantitative estimate of drug-likeness (QED) is 0.570. The molecule has 0 aliphatic rings. The molecule has 0 atom stereocenters. The summed E-state index contributed by atoms with van der Waals surface area (Å²) in [6, 6.07) is 5.52. The van der Waals surface area contributed by atoms with Crippen LogP contribution in [0.25, 0.3) is 0 Å². The summed E-state index contributed by atoms with van der Waals surface area (Å²) in [6.45, 7) is 0.422. The van der Waals surface area contributed by atoms with E-state index in [-0.39, 0.29) is 0 Å². The molecule has 0 aliphatic carbocycles. The van der Waals surface area contributed by atoms with Gasteiger partial charge in [-0.05, 0) is 30.0 Å². The summed E-state index contributed by atoms with van der Waals surface area (Å²) in [6.07, 6.45) is 2.63. The highest BCUT2D eigenvalue weighted by molar-refractivity contribution is 7.98. The summed E-state index contributed by atoms with van der Waals surface area (Å²) in [5.74, 6) is 5.21. The molecule has 0 bridgehead atoms. The van der Waals surface area contributed by atoms with E-state index in [1.807, 2.05) is 18.4 Å². The maximum atomic E-state index is 9.45. The third-order valence-corrected chi connectivity index (χ3v) is 2.50. The van der Waals surface area contributed by atoms with Crippen molar-refractivity contribution in [1.82, 2.24) is 0 Å². The third-order valence-electron chi connectivity index (χ3n) is 1.78. The number of nitrogens with two attached hydrogens (primary N) is 1. The van der Waals surface area contributed by atoms with Gasteiger partial charge in [-0.1, -0.05) is 0 Å². The lowest BCUT2D eigenvalue weighted by Crippen LogP contribution is -2.03. The van der Waals surface area contributed by atoms with Gasteiger partial charge >= 0.3 is 0 Å². The molecule has 0 radical (unpaired) electrons. The molecular formula is C9H13NO2S. The number of benzene rings is 1. The summed E-state index contributed by atoms with van der Waals surface area (Å²) in [5.41, 5.74) is 0.873. The van der Waals surface area contributed by atoms with E-state index in [0.29, 0.717) is 18.8 Å². The van der Waals surface area contributed by atoms with Crippen molar-refractivity contribution >= 4 is 11.8 Å². The van der Waals surface area contributed by atoms with E-state index >= 15 is 0 Å². The zero-order valence-electron chi connectivity index (χ0n) is 7.49. The first-order valence-electron chi connectivity index (χ1n) is 3.95. The van der Waals surface area contributed by atoms with Crippen LogP contribution in [0.4, 0.5) is 0 Å². The van der Waals surface area contributed by atoms with Crippen LogP contribution < -0.4 is 5.90 Å². The lowest BCUT2D eigenvalue weighted by molar-refractivity contribution is 0.140. The molecule has 0 spiro atoms. The van der Waals surface area contributed by atoms with E-state index in [2.05, 4.69) is 4.84 Å². The number of phenolic OH excluding ortho intramolecular Hbond substituents is 1. The number of rotatable bonds is 4. The van der Waals surface area contributed by atoms with Crippen molar-refractivity contribution < 1.29 is 9.94 Å². The van der Waals surface area contributed by atoms with Gasteiger partial charge < -0.3 is 9.94 Å². The van der Waals surface area contributed by atoms with Gasteiger partial charge in [0, 0.05) is 11.3 Å². The Labute approximate surface area is 81.9 Å². The van der Waals surface area contributed by atoms with Crippen LogP contribution in [0.2, 0.25) is 0 Å². The minimum absolute atomic E-state index is 0.301. The Hall–Kier alpha value is -0.710. The molecule has 1 aromatic rings. The largest absolute Gasteiger partial charge is 0.508 e. The van der Waals surface area contributed by atoms with Gasteiger partial charge in [0.05, 0.1) is 6.61 Å². The van der Waals surface area contributed by atoms with Crippen LogP contribution in [0.5, 0.6) is 5.75 Å². The number of thioether (sulfide) groups is 1. The third kappa shape index (κ3) is 2.91. The van der Waals surface area contributed by atoms with Crippen molar-refractivity contribution in [2.75, 3.05) is 12.9 Å². The van der Waals surface area contributed by atoms with Gasteiger partial charge in [-0.2, -0.15) is 0 Å². The SMILES string of the molecule is CSc1ccc(O)c(CCON)c1. The fraction of sp³-hybridized carbons (Fsp3) is 0.333. The minimum Gasteiger partial charge on any atom is -0.508 e. The predicted molar refractivity (Wildman–Crippen MR) is 53.7 cm³/mol. The van der Waals surface area contributed by atoms with E-state index in [1.165, 1.54) is 0 Å². The molecule has 0 saturated heterocycles. The van der Waals surface area contributed by atoms with Crippen molar-refractivity contribution in [3.63, 3.8) is 0 Å². The molecule has 0 heterocycles. The molecular weight excluding hydrogens is 186 g/mol. The van der Waals surface area contributed by atoms with Gasteiger partial charge in [0.2, 0.25) is 0 Å². The van der Waals surface area contributed by atoms with Crippen LogP contribution in [0.1, 0.15) is 5.56 Å². The average Bonchev–Trinajstić information content (AvgIpc) is 2.17. The number of aromatic hydroxyl groups is 1. The molecule has 0 fully saturated rings. The zero-order chi connectivity index (χ0) is 9.68. The van der Waals surface area contributed by atoms with Crippen molar-refractivity contribution in [2.24, 2.45) is 5.90 Å². The van der Waals surface area contributed by atoms with Crippen molar-refractivity contribution in [3.8, 4) is 5.75 Å². The van der Waals surface area contributed by atoms with Gasteiger partial charge in [-0.3, -0.25) is 0 Å². The maximum Gasteiger partial charge on any atom is 0.118 e. The number of phenols is 1. The molecule has 72 valence electrons. The van der Waals surface area contributed by atoms with E-state index in [0.717, 1.165) is 10.5 Å². The van der Waals surface area contributed by atoms with Gasteiger partial charge in [0.25, 0.3) is 0 Å². The molecule has 0 aliphatic heterocycles. The Morgan fingerprint density at radius 3 is 2.92 bits per heavy atom. The summed E-state index contributed by atoms with van der Waals surface area (Å²) in [7, 11) is 0. The molecule has 0 unspecified atom stereocenters. The van der Waals surface area contributed by atoms with E-state index in [9.17, 15) is 5.11 Å². The predicted octanol–water partition coefficient (Wildman–Crippen LogP) is 1.55. The van der Waals surface area contributed by atoms with Gasteiger partial charge in [0.15, 0.2) is 0 Å². The van der Waals surface area contributed by atoms with Gasteiger partial charge in [0.1, 0.15) is 5.75 Å². The fourth-order valence-corrected chi connectivity index (χ4v) is 1.52. The first-order chi connectivity index (χ1) is 6.27. The molecule has 3 nitrogen and oxygen atoms in total. The lowest BCUT2D eigenvalue weighted by atomic mass is 10.1. The maximum absolute atomic E-state index is 9.45. The number of hydrogen-bond acceptors (Lipinski definition) is 4. The van der Waals surface area contributed by atoms with Crippen LogP contribution in [-0.4, -0.2) is 18.0 Å². The van der Waals surface area contributed by atoms with Gasteiger partial charge in [-0.15, -0.1) is 11.8 Å². The molecule has 0 saturated carbocycles. The monoisotopic (exact) mass is 199 g/mol. The highest BCUT2D eigenvalue weighted by atomic mass is 32.2. The first kappa shape index (κ1) is 10.4. The van der Waals surface area contributed by atoms with Crippen LogP contribution in [0, 0.1) is 0 Å². The smallest absolute Gasteiger partial charge is 0.118 e. The first-order valence-corrected chi connectivity index (χ1v) is 5.18. The Morgan fingerprint density at radius 2 is 2.31 bits per heavy atom. The average molecular weight is 199 g/mol. The summed E-state index contributed by atoms with van der Waals surface area (Å²) >= 11 is 1.64. The Balaban J connectivity index is 2.78. The van der Waals surface area contributed by atoms with Crippen LogP contribution in [-0.2, 0) is 11.3 Å². The number of hydrogen-bond donors (Lipinski definition) is 2. The van der Waals surface area contributed by atoms with Crippen LogP contribution in [0.15, 0.2) is 23.1 Å². The van der Waals surface area contributed by atoms with Gasteiger partial charge in [-0.25, -0.2) is 5.90 Å². The Kier molecular flexibility index (Phi) is 4.08. The lowest BCUT2D eigenvalue weighted by Gasteiger charge is -2.05. The van der Waals surface area contributed by atoms with Crippen LogP contribution >= 0.6 is 11.8 Å². The van der Waals surface area contributed by atoms with Crippen molar-refractivity contribution in [3.05, 3.63) is 23.8 Å².